The fraction of sp³-hybridized carbons (Fsp3) is 0.500. The number of nitrogens with zero attached hydrogens (tertiary/aromatic N) is 4. The standard InChI is InChI=1S/C22H33N5O2.HI/c1-5-23-22(24-17-19(25(2)3)21-11-8-16-29-21)27-14-12-26(13-15-27)18-9-6-7-10-20(18)28-4;/h6-11,16,19H,5,12-15,17H2,1-4H3,(H,23,24);1H. The van der Waals surface area contributed by atoms with Crippen LogP contribution in [-0.4, -0.2) is 76.2 Å². The molecule has 3 rings (SSSR count). The second-order valence-electron chi connectivity index (χ2n) is 7.34. The number of methoxy groups -OCH3 is 1. The number of anilines is 1. The number of para-hydroxylation sites is 2. The number of nitrogens with one attached hydrogen (secondary N) is 1. The fourth-order valence-electron chi connectivity index (χ4n) is 3.64. The van der Waals surface area contributed by atoms with Gasteiger partial charge in [0.25, 0.3) is 0 Å². The Labute approximate surface area is 197 Å². The number of halogens is 1. The lowest BCUT2D eigenvalue weighted by atomic mass is 10.2. The van der Waals surface area contributed by atoms with Gasteiger partial charge in [-0.3, -0.25) is 9.89 Å². The van der Waals surface area contributed by atoms with E-state index in [4.69, 9.17) is 14.1 Å². The third-order valence-corrected chi connectivity index (χ3v) is 5.25. The predicted molar refractivity (Wildman–Crippen MR) is 133 cm³/mol. The number of hydrogen-bond acceptors (Lipinski definition) is 5. The third-order valence-electron chi connectivity index (χ3n) is 5.25. The van der Waals surface area contributed by atoms with Crippen molar-refractivity contribution in [1.29, 1.82) is 0 Å². The van der Waals surface area contributed by atoms with Gasteiger partial charge in [0.1, 0.15) is 11.5 Å². The van der Waals surface area contributed by atoms with E-state index in [1.165, 1.54) is 0 Å². The molecular formula is C22H34IN5O2. The summed E-state index contributed by atoms with van der Waals surface area (Å²) in [6.07, 6.45) is 1.72. The molecule has 2 aromatic rings. The Kier molecular flexibility index (Phi) is 9.77. The lowest BCUT2D eigenvalue weighted by Crippen LogP contribution is -2.52. The maximum atomic E-state index is 5.62. The highest BCUT2D eigenvalue weighted by molar-refractivity contribution is 14.0. The molecule has 0 radical (unpaired) electrons. The van der Waals surface area contributed by atoms with Crippen LogP contribution >= 0.6 is 24.0 Å². The van der Waals surface area contributed by atoms with E-state index in [2.05, 4.69) is 53.2 Å². The fourth-order valence-corrected chi connectivity index (χ4v) is 3.64. The Morgan fingerprint density at radius 2 is 1.90 bits per heavy atom. The molecule has 1 aliphatic rings. The van der Waals surface area contributed by atoms with E-state index in [1.807, 2.05) is 24.3 Å². The van der Waals surface area contributed by atoms with E-state index >= 15 is 0 Å². The van der Waals surface area contributed by atoms with Crippen LogP contribution in [0.2, 0.25) is 0 Å². The van der Waals surface area contributed by atoms with Crippen molar-refractivity contribution in [2.24, 2.45) is 4.99 Å². The first-order chi connectivity index (χ1) is 14.1. The third kappa shape index (κ3) is 6.04. The van der Waals surface area contributed by atoms with Gasteiger partial charge < -0.3 is 24.3 Å². The van der Waals surface area contributed by atoms with Crippen molar-refractivity contribution in [3.63, 3.8) is 0 Å². The van der Waals surface area contributed by atoms with E-state index in [0.29, 0.717) is 6.54 Å². The summed E-state index contributed by atoms with van der Waals surface area (Å²) in [5.41, 5.74) is 1.15. The monoisotopic (exact) mass is 527 g/mol. The van der Waals surface area contributed by atoms with E-state index < -0.39 is 0 Å². The molecule has 2 heterocycles. The second kappa shape index (κ2) is 12.0. The van der Waals surface area contributed by atoms with Crippen LogP contribution in [0.3, 0.4) is 0 Å². The first-order valence-corrected chi connectivity index (χ1v) is 10.2. The molecule has 1 saturated heterocycles. The molecule has 8 heteroatoms. The Balaban J connectivity index is 0.00000320. The van der Waals surface area contributed by atoms with Crippen molar-refractivity contribution >= 4 is 35.6 Å². The summed E-state index contributed by atoms with van der Waals surface area (Å²) < 4.78 is 11.1. The lowest BCUT2D eigenvalue weighted by molar-refractivity contribution is 0.263. The highest BCUT2D eigenvalue weighted by atomic mass is 127. The molecule has 1 atom stereocenters. The van der Waals surface area contributed by atoms with Gasteiger partial charge in [-0.15, -0.1) is 24.0 Å². The smallest absolute Gasteiger partial charge is 0.194 e. The van der Waals surface area contributed by atoms with E-state index in [-0.39, 0.29) is 30.0 Å². The summed E-state index contributed by atoms with van der Waals surface area (Å²) >= 11 is 0. The molecular weight excluding hydrogens is 493 g/mol. The van der Waals surface area contributed by atoms with Gasteiger partial charge in [0, 0.05) is 32.7 Å². The molecule has 7 nitrogen and oxygen atoms in total. The van der Waals surface area contributed by atoms with Crippen molar-refractivity contribution in [2.45, 2.75) is 13.0 Å². The zero-order chi connectivity index (χ0) is 20.6. The molecule has 0 bridgehead atoms. The van der Waals surface area contributed by atoms with E-state index in [9.17, 15) is 0 Å². The molecule has 0 saturated carbocycles. The lowest BCUT2D eigenvalue weighted by Gasteiger charge is -2.38. The van der Waals surface area contributed by atoms with Crippen LogP contribution in [-0.2, 0) is 0 Å². The molecule has 1 aromatic carbocycles. The second-order valence-corrected chi connectivity index (χ2v) is 7.34. The number of hydrogen-bond donors (Lipinski definition) is 1. The van der Waals surface area contributed by atoms with Crippen molar-refractivity contribution in [2.75, 3.05) is 65.4 Å². The van der Waals surface area contributed by atoms with Crippen LogP contribution < -0.4 is 15.0 Å². The van der Waals surface area contributed by atoms with Crippen molar-refractivity contribution in [3.8, 4) is 5.75 Å². The molecule has 1 aromatic heterocycles. The average Bonchev–Trinajstić information content (AvgIpc) is 3.27. The average molecular weight is 527 g/mol. The summed E-state index contributed by atoms with van der Waals surface area (Å²) in [5.74, 6) is 2.83. The van der Waals surface area contributed by atoms with Gasteiger partial charge in [0.15, 0.2) is 5.96 Å². The van der Waals surface area contributed by atoms with Crippen molar-refractivity contribution in [3.05, 3.63) is 48.4 Å². The van der Waals surface area contributed by atoms with Crippen LogP contribution in [0.15, 0.2) is 52.1 Å². The minimum atomic E-state index is 0. The van der Waals surface area contributed by atoms with Crippen molar-refractivity contribution < 1.29 is 9.15 Å². The zero-order valence-corrected chi connectivity index (χ0v) is 20.7. The topological polar surface area (TPSA) is 56.5 Å². The summed E-state index contributed by atoms with van der Waals surface area (Å²) in [4.78, 5) is 11.8. The number of rotatable bonds is 7. The van der Waals surface area contributed by atoms with Crippen LogP contribution in [0.4, 0.5) is 5.69 Å². The van der Waals surface area contributed by atoms with Gasteiger partial charge in [0.2, 0.25) is 0 Å². The highest BCUT2D eigenvalue weighted by Gasteiger charge is 2.23. The molecule has 0 spiro atoms. The molecule has 1 aliphatic heterocycles. The normalized spacial score (nSPS) is 15.7. The first kappa shape index (κ1) is 24.3. The minimum Gasteiger partial charge on any atom is -0.495 e. The van der Waals surface area contributed by atoms with Gasteiger partial charge in [-0.1, -0.05) is 12.1 Å². The van der Waals surface area contributed by atoms with Gasteiger partial charge in [0.05, 0.1) is 31.6 Å². The Morgan fingerprint density at radius 1 is 1.17 bits per heavy atom. The molecule has 1 unspecified atom stereocenters. The summed E-state index contributed by atoms with van der Waals surface area (Å²) in [6.45, 7) is 7.29. The number of guanidine groups is 1. The molecule has 166 valence electrons. The zero-order valence-electron chi connectivity index (χ0n) is 18.4. The molecule has 0 amide bonds. The first-order valence-electron chi connectivity index (χ1n) is 10.2. The van der Waals surface area contributed by atoms with Gasteiger partial charge in [-0.2, -0.15) is 0 Å². The molecule has 0 aliphatic carbocycles. The summed E-state index contributed by atoms with van der Waals surface area (Å²) in [5, 5.41) is 3.45. The van der Waals surface area contributed by atoms with Crippen LogP contribution in [0.1, 0.15) is 18.7 Å². The Morgan fingerprint density at radius 3 is 2.50 bits per heavy atom. The summed E-state index contributed by atoms with van der Waals surface area (Å²) in [6, 6.07) is 12.3. The molecule has 1 N–H and O–H groups in total. The van der Waals surface area contributed by atoms with Gasteiger partial charge >= 0.3 is 0 Å². The largest absolute Gasteiger partial charge is 0.495 e. The number of furan rings is 1. The quantitative estimate of drug-likeness (QED) is 0.339. The maximum Gasteiger partial charge on any atom is 0.194 e. The number of ether oxygens (including phenoxy) is 1. The van der Waals surface area contributed by atoms with E-state index in [0.717, 1.165) is 55.9 Å². The number of benzene rings is 1. The number of aliphatic imine (C=N–C) groups is 1. The van der Waals surface area contributed by atoms with E-state index in [1.54, 1.807) is 13.4 Å². The van der Waals surface area contributed by atoms with Crippen molar-refractivity contribution in [1.82, 2.24) is 15.1 Å². The Hall–Kier alpha value is -1.94. The van der Waals surface area contributed by atoms with Gasteiger partial charge in [-0.05, 0) is 45.3 Å². The highest BCUT2D eigenvalue weighted by Crippen LogP contribution is 2.28. The maximum absolute atomic E-state index is 5.62. The Bertz CT molecular complexity index is 774. The molecule has 1 fully saturated rings. The van der Waals surface area contributed by atoms with Crippen LogP contribution in [0, 0.1) is 0 Å². The number of likely N-dealkylation sites (N-methyl/N-ethyl adjacent to an activating group) is 1. The summed E-state index contributed by atoms with van der Waals surface area (Å²) in [7, 11) is 5.84. The van der Waals surface area contributed by atoms with Crippen LogP contribution in [0.25, 0.3) is 0 Å². The number of piperazine rings is 1. The van der Waals surface area contributed by atoms with Crippen LogP contribution in [0.5, 0.6) is 5.75 Å². The molecule has 30 heavy (non-hydrogen) atoms. The minimum absolute atomic E-state index is 0. The predicted octanol–water partition coefficient (Wildman–Crippen LogP) is 3.30. The van der Waals surface area contributed by atoms with Gasteiger partial charge in [-0.25, -0.2) is 0 Å². The SMILES string of the molecule is CCNC(=NCC(c1ccco1)N(C)C)N1CCN(c2ccccc2OC)CC1.I.